The van der Waals surface area contributed by atoms with Crippen LogP contribution in [0.2, 0.25) is 0 Å². The monoisotopic (exact) mass is 335 g/mol. The Balaban J connectivity index is 1.58. The van der Waals surface area contributed by atoms with Crippen molar-refractivity contribution in [2.24, 2.45) is 5.41 Å². The van der Waals surface area contributed by atoms with E-state index in [9.17, 15) is 14.7 Å². The van der Waals surface area contributed by atoms with Gasteiger partial charge < -0.3 is 10.0 Å². The van der Waals surface area contributed by atoms with Crippen molar-refractivity contribution in [2.45, 2.75) is 31.7 Å². The molecule has 2 aliphatic rings. The molecule has 2 aromatic rings. The second-order valence-corrected chi connectivity index (χ2v) is 7.22. The summed E-state index contributed by atoms with van der Waals surface area (Å²) >= 11 is 0. The number of nitrogens with zero attached hydrogens (tertiary/aromatic N) is 1. The van der Waals surface area contributed by atoms with Gasteiger partial charge in [-0.15, -0.1) is 0 Å². The second-order valence-electron chi connectivity index (χ2n) is 7.22. The van der Waals surface area contributed by atoms with Crippen LogP contribution >= 0.6 is 0 Å². The van der Waals surface area contributed by atoms with E-state index >= 15 is 0 Å². The first-order valence-corrected chi connectivity index (χ1v) is 8.73. The smallest absolute Gasteiger partial charge is 0.312 e. The molecular weight excluding hydrogens is 314 g/mol. The summed E-state index contributed by atoms with van der Waals surface area (Å²) in [6.07, 6.45) is 2.51. The third-order valence-electron chi connectivity index (χ3n) is 5.47. The molecule has 0 radical (unpaired) electrons. The molecule has 1 fully saturated rings. The van der Waals surface area contributed by atoms with Crippen molar-refractivity contribution < 1.29 is 14.7 Å². The SMILES string of the molecule is O=C(O)C1CN(C(=O)C2(Cc3ccccc3)CC2)Cc2ccccc21. The quantitative estimate of drug-likeness (QED) is 0.933. The zero-order chi connectivity index (χ0) is 17.4. The third-order valence-corrected chi connectivity index (χ3v) is 5.47. The summed E-state index contributed by atoms with van der Waals surface area (Å²) in [4.78, 5) is 26.7. The van der Waals surface area contributed by atoms with E-state index in [0.29, 0.717) is 6.54 Å². The van der Waals surface area contributed by atoms with Crippen LogP contribution in [0.1, 0.15) is 35.4 Å². The van der Waals surface area contributed by atoms with E-state index in [2.05, 4.69) is 12.1 Å². The number of rotatable bonds is 4. The summed E-state index contributed by atoms with van der Waals surface area (Å²) in [6, 6.07) is 17.6. The fourth-order valence-electron chi connectivity index (χ4n) is 3.91. The van der Waals surface area contributed by atoms with Crippen LogP contribution in [0.3, 0.4) is 0 Å². The Bertz CT molecular complexity index is 811. The minimum Gasteiger partial charge on any atom is -0.481 e. The molecule has 0 saturated heterocycles. The van der Waals surface area contributed by atoms with Gasteiger partial charge in [0.2, 0.25) is 5.91 Å². The van der Waals surface area contributed by atoms with Gasteiger partial charge in [0.25, 0.3) is 0 Å². The van der Waals surface area contributed by atoms with Crippen molar-refractivity contribution >= 4 is 11.9 Å². The highest BCUT2D eigenvalue weighted by Crippen LogP contribution is 2.50. The number of hydrogen-bond donors (Lipinski definition) is 1. The van der Waals surface area contributed by atoms with Gasteiger partial charge in [-0.2, -0.15) is 0 Å². The average molecular weight is 335 g/mol. The number of carboxylic acid groups (broad SMARTS) is 1. The lowest BCUT2D eigenvalue weighted by molar-refractivity contribution is -0.143. The number of fused-ring (bicyclic) bond motifs is 1. The lowest BCUT2D eigenvalue weighted by Crippen LogP contribution is -2.44. The summed E-state index contributed by atoms with van der Waals surface area (Å²) in [7, 11) is 0. The highest BCUT2D eigenvalue weighted by Gasteiger charge is 2.52. The number of aliphatic carboxylic acids is 1. The van der Waals surface area contributed by atoms with E-state index in [0.717, 1.165) is 30.4 Å². The molecule has 1 N–H and O–H groups in total. The van der Waals surface area contributed by atoms with Crippen LogP contribution in [0.25, 0.3) is 0 Å². The molecular formula is C21H21NO3. The summed E-state index contributed by atoms with van der Waals surface area (Å²) in [5, 5.41) is 9.60. The normalized spacial score (nSPS) is 20.6. The van der Waals surface area contributed by atoms with Crippen molar-refractivity contribution in [2.75, 3.05) is 6.54 Å². The van der Waals surface area contributed by atoms with Crippen LogP contribution in [0.5, 0.6) is 0 Å². The molecule has 4 heteroatoms. The molecule has 0 bridgehead atoms. The van der Waals surface area contributed by atoms with Crippen molar-refractivity contribution in [1.29, 1.82) is 0 Å². The second kappa shape index (κ2) is 6.03. The Morgan fingerprint density at radius 2 is 1.72 bits per heavy atom. The van der Waals surface area contributed by atoms with Gasteiger partial charge in [0.1, 0.15) is 0 Å². The van der Waals surface area contributed by atoms with Crippen molar-refractivity contribution in [3.05, 3.63) is 71.3 Å². The molecule has 25 heavy (non-hydrogen) atoms. The summed E-state index contributed by atoms with van der Waals surface area (Å²) in [6.45, 7) is 0.775. The molecule has 1 saturated carbocycles. The lowest BCUT2D eigenvalue weighted by atomic mass is 9.87. The summed E-state index contributed by atoms with van der Waals surface area (Å²) < 4.78 is 0. The van der Waals surface area contributed by atoms with E-state index in [4.69, 9.17) is 0 Å². The van der Waals surface area contributed by atoms with E-state index < -0.39 is 11.9 Å². The molecule has 1 aliphatic carbocycles. The first-order chi connectivity index (χ1) is 12.1. The van der Waals surface area contributed by atoms with Gasteiger partial charge in [-0.25, -0.2) is 0 Å². The number of hydrogen-bond acceptors (Lipinski definition) is 2. The number of benzene rings is 2. The van der Waals surface area contributed by atoms with Crippen molar-refractivity contribution in [3.8, 4) is 0 Å². The molecule has 1 aliphatic heterocycles. The Morgan fingerprint density at radius 1 is 1.04 bits per heavy atom. The predicted molar refractivity (Wildman–Crippen MR) is 94.0 cm³/mol. The summed E-state index contributed by atoms with van der Waals surface area (Å²) in [5.74, 6) is -1.39. The van der Waals surface area contributed by atoms with E-state index in [1.807, 2.05) is 42.5 Å². The molecule has 1 heterocycles. The molecule has 1 amide bonds. The van der Waals surface area contributed by atoms with Crippen LogP contribution in [0.4, 0.5) is 0 Å². The van der Waals surface area contributed by atoms with Crippen LogP contribution in [0, 0.1) is 5.41 Å². The van der Waals surface area contributed by atoms with Crippen molar-refractivity contribution in [3.63, 3.8) is 0 Å². The molecule has 2 aromatic carbocycles. The molecule has 1 unspecified atom stereocenters. The van der Waals surface area contributed by atoms with E-state index in [-0.39, 0.29) is 17.9 Å². The third kappa shape index (κ3) is 2.93. The van der Waals surface area contributed by atoms with Crippen molar-refractivity contribution in [1.82, 2.24) is 4.90 Å². The molecule has 0 spiro atoms. The van der Waals surface area contributed by atoms with Gasteiger partial charge in [0.15, 0.2) is 0 Å². The molecule has 0 aromatic heterocycles. The van der Waals surface area contributed by atoms with Gasteiger partial charge in [-0.1, -0.05) is 54.6 Å². The molecule has 4 rings (SSSR count). The topological polar surface area (TPSA) is 57.6 Å². The Hall–Kier alpha value is -2.62. The van der Waals surface area contributed by atoms with Gasteiger partial charge in [-0.05, 0) is 36.0 Å². The number of carboxylic acids is 1. The molecule has 4 nitrogen and oxygen atoms in total. The van der Waals surface area contributed by atoms with Gasteiger partial charge in [-0.3, -0.25) is 9.59 Å². The summed E-state index contributed by atoms with van der Waals surface area (Å²) in [5.41, 5.74) is 2.62. The first-order valence-electron chi connectivity index (χ1n) is 8.73. The van der Waals surface area contributed by atoms with Crippen LogP contribution in [-0.4, -0.2) is 28.4 Å². The van der Waals surface area contributed by atoms with Gasteiger partial charge >= 0.3 is 5.97 Å². The van der Waals surface area contributed by atoms with E-state index in [1.54, 1.807) is 4.90 Å². The largest absolute Gasteiger partial charge is 0.481 e. The minimum absolute atomic E-state index is 0.108. The number of amides is 1. The first kappa shape index (κ1) is 15.9. The maximum absolute atomic E-state index is 13.2. The highest BCUT2D eigenvalue weighted by molar-refractivity contribution is 5.87. The standard InChI is InChI=1S/C21H21NO3/c23-19(24)18-14-22(13-16-8-4-5-9-17(16)18)20(25)21(10-11-21)12-15-6-2-1-3-7-15/h1-9,18H,10-14H2,(H,23,24). The van der Waals surface area contributed by atoms with Gasteiger partial charge in [0, 0.05) is 13.1 Å². The Labute approximate surface area is 147 Å². The molecule has 1 atom stereocenters. The van der Waals surface area contributed by atoms with Crippen LogP contribution in [-0.2, 0) is 22.6 Å². The maximum atomic E-state index is 13.2. The zero-order valence-electron chi connectivity index (χ0n) is 14.0. The highest BCUT2D eigenvalue weighted by atomic mass is 16.4. The minimum atomic E-state index is -0.863. The average Bonchev–Trinajstić information content (AvgIpc) is 3.41. The number of carbonyl (C=O) groups is 2. The van der Waals surface area contributed by atoms with Gasteiger partial charge in [0.05, 0.1) is 11.3 Å². The lowest BCUT2D eigenvalue weighted by Gasteiger charge is -2.35. The predicted octanol–water partition coefficient (Wildman–Crippen LogP) is 3.22. The number of carbonyl (C=O) groups excluding carboxylic acids is 1. The van der Waals surface area contributed by atoms with Crippen LogP contribution < -0.4 is 0 Å². The Morgan fingerprint density at radius 3 is 2.40 bits per heavy atom. The molecule has 128 valence electrons. The maximum Gasteiger partial charge on any atom is 0.312 e. The van der Waals surface area contributed by atoms with Crippen LogP contribution in [0.15, 0.2) is 54.6 Å². The fraction of sp³-hybridized carbons (Fsp3) is 0.333. The zero-order valence-corrected chi connectivity index (χ0v) is 14.0. The Kier molecular flexibility index (Phi) is 3.83. The van der Waals surface area contributed by atoms with E-state index in [1.165, 1.54) is 5.56 Å². The fourth-order valence-corrected chi connectivity index (χ4v) is 3.91.